The second kappa shape index (κ2) is 11.6. The molecule has 8 heteroatoms. The Morgan fingerprint density at radius 2 is 1.54 bits per heavy atom. The minimum absolute atomic E-state index is 0.125. The summed E-state index contributed by atoms with van der Waals surface area (Å²) >= 11 is 0. The number of ether oxygens (including phenoxy) is 1. The zero-order chi connectivity index (χ0) is 25.4. The lowest BCUT2D eigenvalue weighted by Crippen LogP contribution is -2.44. The van der Waals surface area contributed by atoms with Gasteiger partial charge in [0.2, 0.25) is 5.91 Å². The van der Waals surface area contributed by atoms with Crippen molar-refractivity contribution in [2.75, 3.05) is 13.6 Å². The van der Waals surface area contributed by atoms with Crippen LogP contribution < -0.4 is 10.6 Å². The number of hydrogen-bond donors (Lipinski definition) is 3. The van der Waals surface area contributed by atoms with Crippen molar-refractivity contribution < 1.29 is 19.4 Å². The molecule has 3 aromatic rings. The third-order valence-corrected chi connectivity index (χ3v) is 5.22. The van der Waals surface area contributed by atoms with Gasteiger partial charge < -0.3 is 20.5 Å². The van der Waals surface area contributed by atoms with Gasteiger partial charge in [-0.15, -0.1) is 0 Å². The van der Waals surface area contributed by atoms with Crippen LogP contribution in [0.4, 0.5) is 0 Å². The number of rotatable bonds is 9. The molecular formula is C27H32N4O4. The second-order valence-electron chi connectivity index (χ2n) is 9.21. The van der Waals surface area contributed by atoms with Crippen LogP contribution in [0.5, 0.6) is 5.75 Å². The van der Waals surface area contributed by atoms with E-state index in [-0.39, 0.29) is 30.6 Å². The lowest BCUT2D eigenvalue weighted by molar-refractivity contribution is -0.154. The number of nitrogens with zero attached hydrogens (tertiary/aromatic N) is 2. The third kappa shape index (κ3) is 7.89. The monoisotopic (exact) mass is 476 g/mol. The van der Waals surface area contributed by atoms with Gasteiger partial charge in [0.15, 0.2) is 5.82 Å². The molecule has 35 heavy (non-hydrogen) atoms. The van der Waals surface area contributed by atoms with Crippen LogP contribution in [-0.4, -0.2) is 52.2 Å². The van der Waals surface area contributed by atoms with Crippen LogP contribution in [0.2, 0.25) is 0 Å². The zero-order valence-corrected chi connectivity index (χ0v) is 20.5. The number of esters is 1. The highest BCUT2D eigenvalue weighted by Crippen LogP contribution is 2.22. The Hall–Kier alpha value is -3.78. The molecule has 0 fully saturated rings. The Kier molecular flexibility index (Phi) is 8.54. The van der Waals surface area contributed by atoms with E-state index in [0.29, 0.717) is 12.2 Å². The first-order chi connectivity index (χ1) is 16.6. The largest absolute Gasteiger partial charge is 0.508 e. The lowest BCUT2D eigenvalue weighted by atomic mass is 10.0. The molecule has 0 aliphatic carbocycles. The summed E-state index contributed by atoms with van der Waals surface area (Å²) in [6.45, 7) is 5.66. The normalized spacial score (nSPS) is 12.1. The number of benzene rings is 2. The van der Waals surface area contributed by atoms with Crippen LogP contribution in [0, 0.1) is 0 Å². The molecule has 184 valence electrons. The number of aromatic hydroxyl groups is 1. The highest BCUT2D eigenvalue weighted by Gasteiger charge is 2.19. The van der Waals surface area contributed by atoms with Gasteiger partial charge in [-0.2, -0.15) is 0 Å². The summed E-state index contributed by atoms with van der Waals surface area (Å²) in [6, 6.07) is 14.2. The number of carbonyl (C=O) groups is 2. The van der Waals surface area contributed by atoms with Gasteiger partial charge in [0, 0.05) is 30.1 Å². The highest BCUT2D eigenvalue weighted by atomic mass is 16.6. The summed E-state index contributed by atoms with van der Waals surface area (Å²) in [7, 11) is 1.73. The summed E-state index contributed by atoms with van der Waals surface area (Å²) in [6.07, 6.45) is 4.12. The van der Waals surface area contributed by atoms with E-state index in [2.05, 4.69) is 20.6 Å². The predicted molar refractivity (Wildman–Crippen MR) is 135 cm³/mol. The fraction of sp³-hybridized carbons (Fsp3) is 0.333. The molecule has 0 saturated heterocycles. The molecule has 3 rings (SSSR count). The summed E-state index contributed by atoms with van der Waals surface area (Å²) < 4.78 is 5.26. The van der Waals surface area contributed by atoms with E-state index in [1.807, 2.05) is 57.2 Å². The average molecular weight is 477 g/mol. The van der Waals surface area contributed by atoms with E-state index in [4.69, 9.17) is 4.74 Å². The number of nitrogens with one attached hydrogen (secondary N) is 2. The first-order valence-electron chi connectivity index (χ1n) is 11.5. The molecule has 3 N–H and O–H groups in total. The molecule has 0 spiro atoms. The van der Waals surface area contributed by atoms with Crippen molar-refractivity contribution in [3.8, 4) is 28.3 Å². The minimum atomic E-state index is -0.541. The first kappa shape index (κ1) is 25.8. The first-order valence-corrected chi connectivity index (χ1v) is 11.5. The Bertz CT molecular complexity index is 1120. The molecule has 0 bridgehead atoms. The number of phenols is 1. The van der Waals surface area contributed by atoms with E-state index in [0.717, 1.165) is 22.3 Å². The van der Waals surface area contributed by atoms with Crippen molar-refractivity contribution in [1.29, 1.82) is 0 Å². The Morgan fingerprint density at radius 3 is 2.11 bits per heavy atom. The molecule has 1 heterocycles. The molecule has 0 radical (unpaired) electrons. The molecule has 0 aliphatic rings. The van der Waals surface area contributed by atoms with Crippen LogP contribution >= 0.6 is 0 Å². The van der Waals surface area contributed by atoms with Crippen molar-refractivity contribution in [1.82, 2.24) is 20.6 Å². The van der Waals surface area contributed by atoms with Crippen molar-refractivity contribution in [2.24, 2.45) is 0 Å². The summed E-state index contributed by atoms with van der Waals surface area (Å²) in [4.78, 5) is 33.3. The van der Waals surface area contributed by atoms with Gasteiger partial charge in [-0.3, -0.25) is 9.59 Å². The number of aromatic nitrogens is 2. The Balaban J connectivity index is 1.55. The molecule has 1 atom stereocenters. The third-order valence-electron chi connectivity index (χ3n) is 5.22. The van der Waals surface area contributed by atoms with E-state index < -0.39 is 11.6 Å². The van der Waals surface area contributed by atoms with Crippen molar-refractivity contribution in [3.63, 3.8) is 0 Å². The Labute approximate surface area is 205 Å². The van der Waals surface area contributed by atoms with Gasteiger partial charge in [-0.1, -0.05) is 36.4 Å². The number of phenolic OH excluding ortho intramolecular Hbond substituents is 1. The van der Waals surface area contributed by atoms with Crippen LogP contribution in [0.1, 0.15) is 32.8 Å². The second-order valence-corrected chi connectivity index (χ2v) is 9.21. The molecule has 8 nitrogen and oxygen atoms in total. The number of amides is 1. The summed E-state index contributed by atoms with van der Waals surface area (Å²) in [5.74, 6) is 0.301. The fourth-order valence-electron chi connectivity index (χ4n) is 3.44. The quantitative estimate of drug-likeness (QED) is 0.405. The van der Waals surface area contributed by atoms with Crippen LogP contribution in [0.15, 0.2) is 60.9 Å². The molecule has 1 amide bonds. The molecule has 0 saturated carbocycles. The zero-order valence-electron chi connectivity index (χ0n) is 20.5. The van der Waals surface area contributed by atoms with Crippen LogP contribution in [0.3, 0.4) is 0 Å². The molecule has 2 aromatic carbocycles. The van der Waals surface area contributed by atoms with Crippen molar-refractivity contribution in [3.05, 3.63) is 66.5 Å². The van der Waals surface area contributed by atoms with Crippen LogP contribution in [-0.2, 0) is 20.7 Å². The van der Waals surface area contributed by atoms with Crippen LogP contribution in [0.25, 0.3) is 22.5 Å². The van der Waals surface area contributed by atoms with Gasteiger partial charge in [0.1, 0.15) is 11.4 Å². The maximum Gasteiger partial charge on any atom is 0.308 e. The minimum Gasteiger partial charge on any atom is -0.508 e. The average Bonchev–Trinajstić information content (AvgIpc) is 2.82. The molecular weight excluding hydrogens is 444 g/mol. The molecule has 1 aromatic heterocycles. The van der Waals surface area contributed by atoms with Gasteiger partial charge >= 0.3 is 5.97 Å². The number of likely N-dealkylation sites (N-methyl/N-ethyl adjacent to an activating group) is 1. The van der Waals surface area contributed by atoms with E-state index in [1.54, 1.807) is 31.6 Å². The summed E-state index contributed by atoms with van der Waals surface area (Å²) in [5.41, 5.74) is 3.10. The lowest BCUT2D eigenvalue weighted by Gasteiger charge is -2.20. The van der Waals surface area contributed by atoms with Crippen molar-refractivity contribution >= 4 is 11.9 Å². The Morgan fingerprint density at radius 1 is 0.943 bits per heavy atom. The SMILES string of the molecule is CNC(Cc1ccc(-c2ncc(-c3ccc(O)cc3)cn2)cc1)C(=O)NCCC(=O)OC(C)(C)C. The predicted octanol–water partition coefficient (Wildman–Crippen LogP) is 3.49. The topological polar surface area (TPSA) is 113 Å². The van der Waals surface area contributed by atoms with Gasteiger partial charge in [0.05, 0.1) is 12.5 Å². The number of hydrogen-bond acceptors (Lipinski definition) is 7. The number of carbonyl (C=O) groups excluding carboxylic acids is 2. The highest BCUT2D eigenvalue weighted by molar-refractivity contribution is 5.82. The standard InChI is InChI=1S/C27H32N4O4/c1-27(2,3)35-24(33)13-14-29-26(34)23(28-4)15-18-5-7-20(8-6-18)25-30-16-21(17-31-25)19-9-11-22(32)12-10-19/h5-12,16-17,23,28,32H,13-15H2,1-4H3,(H,29,34). The maximum absolute atomic E-state index is 12.5. The summed E-state index contributed by atoms with van der Waals surface area (Å²) in [5, 5.41) is 15.3. The van der Waals surface area contributed by atoms with Crippen molar-refractivity contribution in [2.45, 2.75) is 45.3 Å². The maximum atomic E-state index is 12.5. The fourth-order valence-corrected chi connectivity index (χ4v) is 3.44. The van der Waals surface area contributed by atoms with E-state index in [1.165, 1.54) is 0 Å². The van der Waals surface area contributed by atoms with Gasteiger partial charge in [-0.05, 0) is 57.5 Å². The molecule has 1 unspecified atom stereocenters. The smallest absolute Gasteiger partial charge is 0.308 e. The van der Waals surface area contributed by atoms with E-state index >= 15 is 0 Å². The van der Waals surface area contributed by atoms with Gasteiger partial charge in [0.25, 0.3) is 0 Å². The van der Waals surface area contributed by atoms with Gasteiger partial charge in [-0.25, -0.2) is 9.97 Å². The molecule has 0 aliphatic heterocycles. The van der Waals surface area contributed by atoms with E-state index in [9.17, 15) is 14.7 Å².